The van der Waals surface area contributed by atoms with Gasteiger partial charge in [0.1, 0.15) is 0 Å². The molecule has 5 atom stereocenters. The van der Waals surface area contributed by atoms with E-state index < -0.39 is 28.5 Å². The van der Waals surface area contributed by atoms with Crippen LogP contribution in [0.2, 0.25) is 0 Å². The highest BCUT2D eigenvalue weighted by Gasteiger charge is 2.73. The number of carbonyl (C=O) groups excluding carboxylic acids is 1. The zero-order valence-corrected chi connectivity index (χ0v) is 25.0. The number of Topliss-reactive ketones (excluding diaryl/α,β-unsaturated/α-hetero) is 1. The zero-order chi connectivity index (χ0) is 28.4. The van der Waals surface area contributed by atoms with Crippen molar-refractivity contribution < 1.29 is 27.2 Å². The third kappa shape index (κ3) is 4.39. The van der Waals surface area contributed by atoms with Crippen LogP contribution >= 0.6 is 0 Å². The maximum absolute atomic E-state index is 13.3. The van der Waals surface area contributed by atoms with Gasteiger partial charge in [0.05, 0.1) is 17.6 Å². The van der Waals surface area contributed by atoms with Crippen molar-refractivity contribution in [3.8, 4) is 11.5 Å². The molecule has 2 bridgehead atoms. The van der Waals surface area contributed by atoms with Gasteiger partial charge in [-0.3, -0.25) is 13.9 Å². The fourth-order valence-electron chi connectivity index (χ4n) is 8.44. The lowest BCUT2D eigenvalue weighted by Gasteiger charge is -2.62. The summed E-state index contributed by atoms with van der Waals surface area (Å²) in [6.45, 7) is 6.38. The molecular weight excluding hydrogens is 538 g/mol. The average molecular weight is 580 g/mol. The summed E-state index contributed by atoms with van der Waals surface area (Å²) in [5, 5.41) is 12.4. The number of benzene rings is 1. The quantitative estimate of drug-likeness (QED) is 0.382. The molecule has 0 aromatic heterocycles. The van der Waals surface area contributed by atoms with Crippen LogP contribution in [0.25, 0.3) is 0 Å². The Kier molecular flexibility index (Phi) is 7.04. The Balaban J connectivity index is 1.08. The molecule has 2 saturated carbocycles. The molecule has 5 unspecified atom stereocenters. The van der Waals surface area contributed by atoms with Gasteiger partial charge in [0.15, 0.2) is 23.4 Å². The maximum Gasteiger partial charge on any atom is 0.360 e. The minimum atomic E-state index is -2.02. The molecule has 4 aliphatic carbocycles. The number of piperidine rings is 1. The van der Waals surface area contributed by atoms with Gasteiger partial charge in [0.2, 0.25) is 0 Å². The highest BCUT2D eigenvalue weighted by Crippen LogP contribution is 2.65. The number of allylic oxidation sites excluding steroid dienone is 5. The Labute approximate surface area is 245 Å². The molecule has 7 rings (SSSR count). The summed E-state index contributed by atoms with van der Waals surface area (Å²) in [6.07, 6.45) is 14.1. The molecule has 0 amide bonds. The molecule has 0 radical (unpaired) electrons. The Bertz CT molecular complexity index is 1380. The molecule has 1 saturated heterocycles. The Hall–Kier alpha value is -2.26. The van der Waals surface area contributed by atoms with Crippen LogP contribution in [0, 0.1) is 5.92 Å². The summed E-state index contributed by atoms with van der Waals surface area (Å²) in [5.41, 5.74) is 4.32. The number of ether oxygens (including phenoxy) is 1. The van der Waals surface area contributed by atoms with E-state index in [1.807, 2.05) is 13.0 Å². The van der Waals surface area contributed by atoms with Crippen molar-refractivity contribution in [2.24, 2.45) is 5.92 Å². The molecular formula is C33H41NO6S. The summed E-state index contributed by atoms with van der Waals surface area (Å²) in [6, 6.07) is 3.78. The highest BCUT2D eigenvalue weighted by molar-refractivity contribution is 7.75. The van der Waals surface area contributed by atoms with Crippen LogP contribution < -0.4 is 8.92 Å². The van der Waals surface area contributed by atoms with Crippen molar-refractivity contribution >= 4 is 17.1 Å². The van der Waals surface area contributed by atoms with E-state index in [0.29, 0.717) is 37.2 Å². The molecule has 1 spiro atoms. The first-order chi connectivity index (χ1) is 19.9. The normalized spacial score (nSPS) is 33.0. The molecule has 1 aromatic carbocycles. The van der Waals surface area contributed by atoms with Gasteiger partial charge in [-0.15, -0.1) is 0 Å². The molecule has 1 N–H and O–H groups in total. The maximum atomic E-state index is 13.3. The van der Waals surface area contributed by atoms with E-state index in [1.54, 1.807) is 6.07 Å². The van der Waals surface area contributed by atoms with Crippen LogP contribution in [0.15, 0.2) is 47.1 Å². The second-order valence-electron chi connectivity index (χ2n) is 12.8. The number of aliphatic hydroxyl groups is 1. The van der Waals surface area contributed by atoms with E-state index in [0.717, 1.165) is 55.8 Å². The van der Waals surface area contributed by atoms with Crippen LogP contribution in [0.1, 0.15) is 82.8 Å². The topological polar surface area (TPSA) is 85.3 Å². The summed E-state index contributed by atoms with van der Waals surface area (Å²) < 4.78 is 30.8. The van der Waals surface area contributed by atoms with E-state index in [1.165, 1.54) is 29.6 Å². The fourth-order valence-corrected chi connectivity index (χ4v) is 8.98. The summed E-state index contributed by atoms with van der Waals surface area (Å²) >= 11 is -2.02. The minimum absolute atomic E-state index is 0.0237. The zero-order valence-electron chi connectivity index (χ0n) is 24.2. The molecule has 1 aromatic rings. The third-order valence-corrected chi connectivity index (χ3v) is 11.3. The van der Waals surface area contributed by atoms with Crippen molar-refractivity contribution in [3.05, 3.63) is 58.2 Å². The van der Waals surface area contributed by atoms with Crippen molar-refractivity contribution in [1.29, 1.82) is 0 Å². The predicted molar refractivity (Wildman–Crippen MR) is 157 cm³/mol. The number of hydrogen-bond acceptors (Lipinski definition) is 7. The van der Waals surface area contributed by atoms with Crippen molar-refractivity contribution in [2.75, 3.05) is 19.7 Å². The van der Waals surface area contributed by atoms with Gasteiger partial charge in [0, 0.05) is 24.6 Å². The third-order valence-electron chi connectivity index (χ3n) is 10.6. The minimum Gasteiger partial charge on any atom is -0.477 e. The molecule has 220 valence electrons. The number of hydrogen-bond donors (Lipinski definition) is 1. The first-order valence-electron chi connectivity index (χ1n) is 15.4. The fraction of sp³-hybridized carbons (Fsp3) is 0.606. The second-order valence-corrected chi connectivity index (χ2v) is 13.6. The van der Waals surface area contributed by atoms with Crippen LogP contribution in [-0.2, 0) is 32.2 Å². The largest absolute Gasteiger partial charge is 0.477 e. The summed E-state index contributed by atoms with van der Waals surface area (Å²) in [5.74, 6) is 1.55. The van der Waals surface area contributed by atoms with E-state index in [9.17, 15) is 14.1 Å². The second kappa shape index (κ2) is 10.5. The van der Waals surface area contributed by atoms with Gasteiger partial charge in [-0.25, -0.2) is 0 Å². The number of rotatable bonds is 10. The van der Waals surface area contributed by atoms with E-state index in [-0.39, 0.29) is 18.4 Å². The number of nitrogens with zero attached hydrogens (tertiary/aromatic N) is 1. The first-order valence-corrected chi connectivity index (χ1v) is 16.4. The van der Waals surface area contributed by atoms with Gasteiger partial charge in [0.25, 0.3) is 0 Å². The van der Waals surface area contributed by atoms with Crippen molar-refractivity contribution in [3.63, 3.8) is 0 Å². The smallest absolute Gasteiger partial charge is 0.360 e. The Morgan fingerprint density at radius 3 is 2.90 bits per heavy atom. The van der Waals surface area contributed by atoms with E-state index in [2.05, 4.69) is 30.1 Å². The lowest BCUT2D eigenvalue weighted by Crippen LogP contribution is -2.76. The number of likely N-dealkylation sites (tertiary alicyclic amines) is 1. The Morgan fingerprint density at radius 1 is 1.27 bits per heavy atom. The van der Waals surface area contributed by atoms with Gasteiger partial charge in [-0.2, -0.15) is 4.21 Å². The molecule has 41 heavy (non-hydrogen) atoms. The van der Waals surface area contributed by atoms with E-state index in [4.69, 9.17) is 13.1 Å². The van der Waals surface area contributed by atoms with Crippen LogP contribution in [0.5, 0.6) is 11.5 Å². The summed E-state index contributed by atoms with van der Waals surface area (Å²) in [7, 11) is 0. The molecule has 6 aliphatic rings. The van der Waals surface area contributed by atoms with Crippen molar-refractivity contribution in [1.82, 2.24) is 4.90 Å². The van der Waals surface area contributed by atoms with Crippen molar-refractivity contribution in [2.45, 2.75) is 101 Å². The lowest BCUT2D eigenvalue weighted by molar-refractivity contribution is -0.188. The van der Waals surface area contributed by atoms with Gasteiger partial charge in [-0.05, 0) is 94.4 Å². The van der Waals surface area contributed by atoms with Gasteiger partial charge >= 0.3 is 11.4 Å². The Morgan fingerprint density at radius 2 is 2.12 bits per heavy atom. The van der Waals surface area contributed by atoms with Crippen LogP contribution in [-0.4, -0.2) is 57.4 Å². The van der Waals surface area contributed by atoms with Crippen LogP contribution in [0.4, 0.5) is 0 Å². The summed E-state index contributed by atoms with van der Waals surface area (Å²) in [4.78, 5) is 15.8. The highest BCUT2D eigenvalue weighted by atomic mass is 32.2. The first kappa shape index (κ1) is 27.6. The SMILES string of the molecule is CC=CC1=C(CC)CC=C(CCOS(=O)Oc2ccc3c4c2OC2C(=O)CCC5(O)C(C3)N(CC3CC3)CCC425)C1. The van der Waals surface area contributed by atoms with E-state index >= 15 is 0 Å². The molecule has 3 fully saturated rings. The van der Waals surface area contributed by atoms with Gasteiger partial charge < -0.3 is 14.0 Å². The number of ketones is 1. The standard InChI is InChI=1S/C33H41NO6S/c1-3-5-24-18-21(8-9-23(24)4-2)13-17-38-41(37)40-27-11-10-25-19-28-33(36)14-12-26(35)31-32(33,29(25)30(27)39-31)15-16-34(28)20-22-6-7-22/h3,5,8,10-11,22,28,31,36H,4,6-7,9,12-20H2,1-2H3. The van der Waals surface area contributed by atoms with Gasteiger partial charge in [-0.1, -0.05) is 42.4 Å². The lowest BCUT2D eigenvalue weighted by atomic mass is 9.49. The molecule has 8 heteroatoms. The monoisotopic (exact) mass is 579 g/mol. The van der Waals surface area contributed by atoms with Crippen LogP contribution in [0.3, 0.4) is 0 Å². The number of carbonyl (C=O) groups is 1. The predicted octanol–water partition coefficient (Wildman–Crippen LogP) is 5.19. The molecule has 7 nitrogen and oxygen atoms in total. The molecule has 2 aliphatic heterocycles. The average Bonchev–Trinajstić information content (AvgIpc) is 3.70. The molecule has 2 heterocycles.